The lowest BCUT2D eigenvalue weighted by Crippen LogP contribution is -2.42. The molecule has 5 aliphatic rings. The number of hydrogen-bond donors (Lipinski definition) is 12. The standard InChI is InChI=1S/C24H35N5O4.C20H29N5O2.C19H27N5O2.C13H16N4O2.C12H23NO5S.C11H21NO3.C2HF3O.CH4O.2CH4/c1-16-13-21(25-5)28-22(26-16)27-18-7-8-19(31-6)20(14-18)32-15-17-9-11-29(12-10-17)23(30)33-24(2,3)4;1-14-11-19(21-2)24-20(22-14)23-16-5-6-17(26-4)18(12-16)27-13-15-7-9-25(3)10-8-15;1-13-10-18(20-2)24-19(22-13)23-15-4-5-16(25-3)17(11-15)26-12-14-6-8-21-9-7-14;1-8-6-12(14-2)17-13(15-8)16-9-4-5-11(19-3)10(18)7-9;1-12(2,3)18-11(14)13-7-5-10(6-8-13)9-17-19(4,15)16;1-11(2,3)15-10(14)12-6-4-9(8-13)5-7-12;3-2(4,5)1-6;1-2;;/h7-8,13-14,17H,9-12,15H2,1-6H3,(H2,25,26,27,28);5-6,11-12,15H,7-10,13H2,1-4H3,(H2,21,22,23,24);4-5,10-11,14,21H,6-9,12H2,1-3H3,(H2,20,22,23,24);4-7,18H,1-3H3,(H2,14,15,16,17);10H,5-9H2,1-4H3;9,13H,4-8H2,1-3H3;1H;2H,1H3;2*1H4. The average molecular weight is 2120 g/mol. The fraction of sp³-hybridized carbons (Fsp3) is 0.577. The predicted molar refractivity (Wildman–Crippen MR) is 578 cm³/mol. The first kappa shape index (κ1) is 128. The maximum absolute atomic E-state index is 12.3. The number of likely N-dealkylation sites (tertiary alicyclic amines) is 4. The number of halogens is 3. The lowest BCUT2D eigenvalue weighted by atomic mass is 9.98. The van der Waals surface area contributed by atoms with Gasteiger partial charge in [-0.25, -0.2) is 34.3 Å². The van der Waals surface area contributed by atoms with Gasteiger partial charge in [-0.15, -0.1) is 0 Å². The van der Waals surface area contributed by atoms with Gasteiger partial charge in [-0.05, 0) is 266 Å². The summed E-state index contributed by atoms with van der Waals surface area (Å²) in [6.07, 6.45) is 4.10. The fourth-order valence-electron chi connectivity index (χ4n) is 14.9. The van der Waals surface area contributed by atoms with Crippen molar-refractivity contribution in [3.8, 4) is 46.0 Å². The molecule has 0 spiro atoms. The van der Waals surface area contributed by atoms with Crippen LogP contribution in [0.1, 0.15) is 164 Å². The number of phenolic OH excluding ortho intramolecular Hbond substituents is 1. The third-order valence-electron chi connectivity index (χ3n) is 22.6. The second-order valence-corrected chi connectivity index (χ2v) is 39.9. The minimum Gasteiger partial charge on any atom is -0.504 e. The number of carbonyl (C=O) groups excluding carboxylic acids is 4. The summed E-state index contributed by atoms with van der Waals surface area (Å²) in [5.41, 5.74) is 5.30. The van der Waals surface area contributed by atoms with Crippen molar-refractivity contribution in [2.75, 3.05) is 218 Å². The number of aromatic hydroxyl groups is 1. The number of piperidine rings is 5. The van der Waals surface area contributed by atoms with Crippen LogP contribution in [-0.2, 0) is 33.3 Å². The van der Waals surface area contributed by atoms with Crippen LogP contribution in [-0.4, -0.2) is 306 Å². The predicted octanol–water partition coefficient (Wildman–Crippen LogP) is 18.0. The van der Waals surface area contributed by atoms with Crippen LogP contribution in [0.5, 0.6) is 46.0 Å². The number of benzene rings is 4. The maximum Gasteiger partial charge on any atom is 0.446 e. The van der Waals surface area contributed by atoms with Crippen LogP contribution < -0.4 is 81.0 Å². The van der Waals surface area contributed by atoms with E-state index in [1.54, 1.807) is 61.3 Å². The van der Waals surface area contributed by atoms with E-state index < -0.39 is 39.4 Å². The van der Waals surface area contributed by atoms with Gasteiger partial charge in [0.1, 0.15) is 40.1 Å². The van der Waals surface area contributed by atoms with E-state index in [1.807, 2.05) is 190 Å². The molecule has 3 amide bonds. The highest BCUT2D eigenvalue weighted by molar-refractivity contribution is 7.86. The van der Waals surface area contributed by atoms with E-state index >= 15 is 0 Å². The molecular weight excluding hydrogens is 1950 g/mol. The first-order valence-electron chi connectivity index (χ1n) is 48.9. The molecule has 0 atom stereocenters. The third kappa shape index (κ3) is 49.4. The number of hydrogen-bond acceptors (Lipinski definition) is 38. The number of aldehydes is 1. The minimum absolute atomic E-state index is 0. The fourth-order valence-corrected chi connectivity index (χ4v) is 15.3. The van der Waals surface area contributed by atoms with Gasteiger partial charge in [0.15, 0.2) is 46.0 Å². The number of aryl methyl sites for hydroxylation is 4. The molecule has 832 valence electrons. The van der Waals surface area contributed by atoms with Crippen molar-refractivity contribution < 1.29 is 108 Å². The van der Waals surface area contributed by atoms with Crippen LogP contribution in [0.25, 0.3) is 0 Å². The highest BCUT2D eigenvalue weighted by Crippen LogP contribution is 2.38. The van der Waals surface area contributed by atoms with Crippen molar-refractivity contribution in [1.82, 2.24) is 64.8 Å². The number of ether oxygens (including phenoxy) is 10. The lowest BCUT2D eigenvalue weighted by Gasteiger charge is -2.33. The van der Waals surface area contributed by atoms with Gasteiger partial charge in [0.25, 0.3) is 10.1 Å². The molecule has 0 aliphatic carbocycles. The van der Waals surface area contributed by atoms with Gasteiger partial charge < -0.3 is 130 Å². The second kappa shape index (κ2) is 63.8. The number of aliphatic hydroxyl groups is 2. The molecule has 5 fully saturated rings. The van der Waals surface area contributed by atoms with Crippen molar-refractivity contribution in [3.05, 3.63) is 120 Å². The SMILES string of the molecule is C.C.CC(C)(C)OC(=O)N1CCC(CO)CC1.CC(C)(C)OC(=O)N1CCC(COS(C)(=O)=O)CC1.CNc1cc(C)nc(Nc2ccc(OC)c(O)c2)n1.CNc1cc(C)nc(Nc2ccc(OC)c(OCC3CCN(C(=O)OC(C)(C)C)CC3)c2)n1.CNc1cc(C)nc(Nc2ccc(OC)c(OCC3CCN(C)CC3)c2)n1.CNc1cc(C)nc(Nc2ccc(OC)c(OCC3CCNCC3)c2)n1.CO.O=CC(F)(F)F. The van der Waals surface area contributed by atoms with Crippen molar-refractivity contribution >= 4 is 104 Å². The highest BCUT2D eigenvalue weighted by Gasteiger charge is 2.32. The van der Waals surface area contributed by atoms with Gasteiger partial charge in [-0.3, -0.25) is 8.98 Å². The number of rotatable bonds is 29. The van der Waals surface area contributed by atoms with Crippen LogP contribution in [0, 0.1) is 57.3 Å². The van der Waals surface area contributed by atoms with Gasteiger partial charge in [0.05, 0.1) is 61.1 Å². The van der Waals surface area contributed by atoms with Crippen LogP contribution in [0.2, 0.25) is 0 Å². The van der Waals surface area contributed by atoms with Crippen molar-refractivity contribution in [3.63, 3.8) is 0 Å². The van der Waals surface area contributed by atoms with Crippen LogP contribution in [0.3, 0.4) is 0 Å². The molecule has 12 N–H and O–H groups in total. The van der Waals surface area contributed by atoms with E-state index in [1.165, 1.54) is 20.0 Å². The first-order chi connectivity index (χ1) is 69.6. The molecule has 0 bridgehead atoms. The Morgan fingerprint density at radius 2 is 0.664 bits per heavy atom. The van der Waals surface area contributed by atoms with Gasteiger partial charge in [-0.2, -0.15) is 41.5 Å². The smallest absolute Gasteiger partial charge is 0.446 e. The molecule has 5 saturated heterocycles. The second-order valence-electron chi connectivity index (χ2n) is 38.3. The Bertz CT molecular complexity index is 5460. The van der Waals surface area contributed by atoms with Gasteiger partial charge in [-0.1, -0.05) is 14.9 Å². The molecule has 149 heavy (non-hydrogen) atoms. The molecular formula is C104H164F3N21O20S. The number of methoxy groups -OCH3 is 4. The summed E-state index contributed by atoms with van der Waals surface area (Å²) in [4.78, 5) is 87.1. The summed E-state index contributed by atoms with van der Waals surface area (Å²) in [6, 6.07) is 29.7. The number of aliphatic hydroxyl groups excluding tert-OH is 2. The quantitative estimate of drug-likeness (QED) is 0.0118. The molecule has 4 aromatic heterocycles. The Labute approximate surface area is 878 Å². The number of phenols is 1. The number of nitrogens with one attached hydrogen (secondary N) is 9. The summed E-state index contributed by atoms with van der Waals surface area (Å²) in [6.45, 7) is 35.1. The van der Waals surface area contributed by atoms with Crippen LogP contribution in [0.15, 0.2) is 97.1 Å². The lowest BCUT2D eigenvalue weighted by molar-refractivity contribution is -0.156. The molecule has 0 unspecified atom stereocenters. The largest absolute Gasteiger partial charge is 0.504 e. The van der Waals surface area contributed by atoms with Gasteiger partial charge in [0, 0.05) is 175 Å². The Morgan fingerprint density at radius 1 is 0.409 bits per heavy atom. The highest BCUT2D eigenvalue weighted by atomic mass is 32.2. The molecule has 0 saturated carbocycles. The van der Waals surface area contributed by atoms with E-state index in [2.05, 4.69) is 99.7 Å². The Kier molecular flexibility index (Phi) is 54.9. The number of aromatic nitrogens is 8. The zero-order valence-corrected chi connectivity index (χ0v) is 90.4. The Balaban J connectivity index is 0.000000371. The molecule has 9 heterocycles. The van der Waals surface area contributed by atoms with E-state index in [-0.39, 0.29) is 58.0 Å². The molecule has 8 aromatic rings. The summed E-state index contributed by atoms with van der Waals surface area (Å²) in [5, 5.41) is 53.9. The Morgan fingerprint density at radius 3 is 0.913 bits per heavy atom. The van der Waals surface area contributed by atoms with Crippen LogP contribution >= 0.6 is 0 Å². The zero-order valence-electron chi connectivity index (χ0n) is 89.6. The summed E-state index contributed by atoms with van der Waals surface area (Å²) in [5.74, 6) is 11.9. The number of anilines is 12. The third-order valence-corrected chi connectivity index (χ3v) is 23.1. The maximum atomic E-state index is 12.3. The van der Waals surface area contributed by atoms with E-state index in [0.29, 0.717) is 129 Å². The van der Waals surface area contributed by atoms with E-state index in [4.69, 9.17) is 66.6 Å². The van der Waals surface area contributed by atoms with Crippen molar-refractivity contribution in [2.45, 2.75) is 192 Å². The van der Waals surface area contributed by atoms with Crippen molar-refractivity contribution in [2.24, 2.45) is 29.6 Å². The normalized spacial score (nSPS) is 14.6. The molecule has 0 radical (unpaired) electrons. The topological polar surface area (TPSA) is 489 Å². The summed E-state index contributed by atoms with van der Waals surface area (Å²) >= 11 is 0. The monoisotopic (exact) mass is 2120 g/mol. The Hall–Kier alpha value is -13.0. The molecule has 41 nitrogen and oxygen atoms in total. The minimum atomic E-state index is -4.64. The number of nitrogens with zero attached hydrogens (tertiary/aromatic N) is 12. The molecule has 5 aliphatic heterocycles. The summed E-state index contributed by atoms with van der Waals surface area (Å²) < 4.78 is 114. The number of alkyl halides is 3. The van der Waals surface area contributed by atoms with Gasteiger partial charge >= 0.3 is 24.5 Å². The number of carbonyl (C=O) groups is 4. The zero-order chi connectivity index (χ0) is 109. The van der Waals surface area contributed by atoms with Gasteiger partial charge in [0.2, 0.25) is 30.1 Å². The van der Waals surface area contributed by atoms with Crippen LogP contribution in [0.4, 0.5) is 97.4 Å². The molecule has 13 rings (SSSR count). The molecule has 45 heteroatoms. The number of amides is 3. The van der Waals surface area contributed by atoms with Crippen molar-refractivity contribution in [1.29, 1.82) is 0 Å². The van der Waals surface area contributed by atoms with E-state index in [9.17, 15) is 41.1 Å². The molecule has 4 aromatic carbocycles. The van der Waals surface area contributed by atoms with E-state index in [0.717, 1.165) is 177 Å². The first-order valence-corrected chi connectivity index (χ1v) is 50.7. The summed E-state index contributed by atoms with van der Waals surface area (Å²) in [7, 11) is 13.5. The average Bonchev–Trinajstić information content (AvgIpc) is 0.833.